The van der Waals surface area contributed by atoms with Crippen LogP contribution in [0.4, 0.5) is 5.13 Å². The van der Waals surface area contributed by atoms with Crippen LogP contribution < -0.4 is 10.5 Å². The molecular formula is C14H17N5OS. The van der Waals surface area contributed by atoms with Gasteiger partial charge in [-0.3, -0.25) is 4.79 Å². The Morgan fingerprint density at radius 1 is 1.33 bits per heavy atom. The van der Waals surface area contributed by atoms with Crippen molar-refractivity contribution >= 4 is 16.5 Å². The monoisotopic (exact) mass is 303 g/mol. The van der Waals surface area contributed by atoms with Crippen molar-refractivity contribution in [3.05, 3.63) is 33.2 Å². The van der Waals surface area contributed by atoms with Gasteiger partial charge in [0.15, 0.2) is 0 Å². The zero-order chi connectivity index (χ0) is 14.2. The van der Waals surface area contributed by atoms with E-state index in [1.54, 1.807) is 27.6 Å². The van der Waals surface area contributed by atoms with Gasteiger partial charge in [-0.25, -0.2) is 4.68 Å². The Morgan fingerprint density at radius 3 is 3.14 bits per heavy atom. The molecule has 0 bridgehead atoms. The summed E-state index contributed by atoms with van der Waals surface area (Å²) in [4.78, 5) is 14.5. The van der Waals surface area contributed by atoms with Crippen LogP contribution in [0.2, 0.25) is 0 Å². The van der Waals surface area contributed by atoms with Crippen molar-refractivity contribution in [2.24, 2.45) is 0 Å². The minimum atomic E-state index is 0.0276. The fraction of sp³-hybridized carbons (Fsp3) is 0.571. The van der Waals surface area contributed by atoms with E-state index < -0.39 is 0 Å². The van der Waals surface area contributed by atoms with E-state index in [0.29, 0.717) is 12.6 Å². The molecule has 1 saturated heterocycles. The highest BCUT2D eigenvalue weighted by molar-refractivity contribution is 7.13. The van der Waals surface area contributed by atoms with Crippen LogP contribution in [0.25, 0.3) is 0 Å². The number of hydrogen-bond acceptors (Lipinski definition) is 6. The molecule has 0 amide bonds. The van der Waals surface area contributed by atoms with Gasteiger partial charge in [0.25, 0.3) is 5.56 Å². The molecule has 4 rings (SSSR count). The fourth-order valence-corrected chi connectivity index (χ4v) is 4.00. The third-order valence-corrected chi connectivity index (χ3v) is 5.11. The highest BCUT2D eigenvalue weighted by atomic mass is 32.1. The number of fused-ring (bicyclic) bond motifs is 1. The summed E-state index contributed by atoms with van der Waals surface area (Å²) in [7, 11) is 0. The molecule has 3 heterocycles. The summed E-state index contributed by atoms with van der Waals surface area (Å²) in [6, 6.07) is 2.07. The molecule has 2 aromatic rings. The normalized spacial score (nSPS) is 21.0. The molecule has 0 N–H and O–H groups in total. The minimum Gasteiger partial charge on any atom is -0.342 e. The first-order chi connectivity index (χ1) is 10.3. The molecule has 110 valence electrons. The van der Waals surface area contributed by atoms with Crippen molar-refractivity contribution < 1.29 is 0 Å². The Bertz CT molecular complexity index is 696. The Kier molecular flexibility index (Phi) is 3.21. The highest BCUT2D eigenvalue weighted by Gasteiger charge is 2.28. The van der Waals surface area contributed by atoms with E-state index in [1.807, 2.05) is 0 Å². The molecule has 0 saturated carbocycles. The lowest BCUT2D eigenvalue weighted by molar-refractivity contribution is 0.482. The summed E-state index contributed by atoms with van der Waals surface area (Å²) < 4.78 is 1.65. The standard InChI is InChI=1S/C14H17N5OS/c20-13-7-10-3-1-5-12(10)17-19(13)8-11-4-2-6-18(11)14-16-15-9-21-14/h7,9,11H,1-6,8H2. The van der Waals surface area contributed by atoms with Crippen molar-refractivity contribution in [3.63, 3.8) is 0 Å². The molecule has 2 aromatic heterocycles. The average molecular weight is 303 g/mol. The zero-order valence-electron chi connectivity index (χ0n) is 11.7. The lowest BCUT2D eigenvalue weighted by atomic mass is 10.2. The van der Waals surface area contributed by atoms with Gasteiger partial charge in [0.05, 0.1) is 18.3 Å². The van der Waals surface area contributed by atoms with Gasteiger partial charge < -0.3 is 4.90 Å². The number of aryl methyl sites for hydroxylation is 2. The molecule has 0 aromatic carbocycles. The first-order valence-corrected chi connectivity index (χ1v) is 8.32. The van der Waals surface area contributed by atoms with Gasteiger partial charge in [0.2, 0.25) is 5.13 Å². The van der Waals surface area contributed by atoms with Crippen LogP contribution in [0, 0.1) is 0 Å². The largest absolute Gasteiger partial charge is 0.342 e. The molecule has 6 nitrogen and oxygen atoms in total. The van der Waals surface area contributed by atoms with Crippen molar-refractivity contribution in [3.8, 4) is 0 Å². The van der Waals surface area contributed by atoms with Crippen molar-refractivity contribution in [1.29, 1.82) is 0 Å². The van der Waals surface area contributed by atoms with E-state index in [4.69, 9.17) is 0 Å². The molecule has 21 heavy (non-hydrogen) atoms. The van der Waals surface area contributed by atoms with Crippen LogP contribution in [0.1, 0.15) is 30.5 Å². The molecular weight excluding hydrogens is 286 g/mol. The number of nitrogens with zero attached hydrogens (tertiary/aromatic N) is 5. The van der Waals surface area contributed by atoms with E-state index in [0.717, 1.165) is 55.0 Å². The first-order valence-electron chi connectivity index (χ1n) is 7.44. The van der Waals surface area contributed by atoms with E-state index >= 15 is 0 Å². The second-order valence-corrected chi connectivity index (χ2v) is 6.51. The van der Waals surface area contributed by atoms with E-state index in [2.05, 4.69) is 20.2 Å². The summed E-state index contributed by atoms with van der Waals surface area (Å²) in [5.74, 6) is 0. The van der Waals surface area contributed by atoms with Crippen LogP contribution in [-0.2, 0) is 19.4 Å². The maximum Gasteiger partial charge on any atom is 0.267 e. The highest BCUT2D eigenvalue weighted by Crippen LogP contribution is 2.27. The lowest BCUT2D eigenvalue weighted by Crippen LogP contribution is -2.37. The van der Waals surface area contributed by atoms with Gasteiger partial charge in [-0.15, -0.1) is 10.2 Å². The summed E-state index contributed by atoms with van der Waals surface area (Å²) in [5, 5.41) is 13.6. The zero-order valence-corrected chi connectivity index (χ0v) is 12.6. The molecule has 0 radical (unpaired) electrons. The first kappa shape index (κ1) is 12.9. The van der Waals surface area contributed by atoms with Crippen LogP contribution in [0.15, 0.2) is 16.4 Å². The smallest absolute Gasteiger partial charge is 0.267 e. The Balaban J connectivity index is 1.60. The average Bonchev–Trinajstić information content (AvgIpc) is 3.18. The Morgan fingerprint density at radius 2 is 2.29 bits per heavy atom. The predicted octanol–water partition coefficient (Wildman–Crippen LogP) is 1.25. The third kappa shape index (κ3) is 2.35. The van der Waals surface area contributed by atoms with Crippen molar-refractivity contribution in [2.45, 2.75) is 44.7 Å². The summed E-state index contributed by atoms with van der Waals surface area (Å²) in [6.45, 7) is 1.63. The molecule has 7 heteroatoms. The molecule has 0 spiro atoms. The SMILES string of the molecule is O=c1cc2c(nn1CC1CCCN1c1nncs1)CCC2. The van der Waals surface area contributed by atoms with Gasteiger partial charge >= 0.3 is 0 Å². The van der Waals surface area contributed by atoms with Gasteiger partial charge in [0.1, 0.15) is 5.51 Å². The lowest BCUT2D eigenvalue weighted by Gasteiger charge is -2.23. The van der Waals surface area contributed by atoms with Crippen LogP contribution in [0.5, 0.6) is 0 Å². The summed E-state index contributed by atoms with van der Waals surface area (Å²) >= 11 is 1.55. The topological polar surface area (TPSA) is 63.9 Å². The second kappa shape index (κ2) is 5.22. The summed E-state index contributed by atoms with van der Waals surface area (Å²) in [6.07, 6.45) is 5.32. The third-order valence-electron chi connectivity index (χ3n) is 4.38. The molecule has 2 aliphatic rings. The van der Waals surface area contributed by atoms with Gasteiger partial charge in [0, 0.05) is 12.6 Å². The predicted molar refractivity (Wildman–Crippen MR) is 80.8 cm³/mol. The second-order valence-electron chi connectivity index (χ2n) is 5.70. The Hall–Kier alpha value is -1.76. The van der Waals surface area contributed by atoms with Gasteiger partial charge in [-0.2, -0.15) is 5.10 Å². The number of rotatable bonds is 3. The van der Waals surface area contributed by atoms with Crippen LogP contribution >= 0.6 is 11.3 Å². The minimum absolute atomic E-state index is 0.0276. The quantitative estimate of drug-likeness (QED) is 0.854. The molecule has 1 fully saturated rings. The summed E-state index contributed by atoms with van der Waals surface area (Å²) in [5.41, 5.74) is 4.03. The fourth-order valence-electron chi connectivity index (χ4n) is 3.34. The molecule has 1 aliphatic heterocycles. The van der Waals surface area contributed by atoms with Gasteiger partial charge in [-0.1, -0.05) is 11.3 Å². The number of aromatic nitrogens is 4. The Labute approximate surface area is 126 Å². The molecule has 1 unspecified atom stereocenters. The number of hydrogen-bond donors (Lipinski definition) is 0. The van der Waals surface area contributed by atoms with Crippen molar-refractivity contribution in [2.75, 3.05) is 11.4 Å². The molecule has 1 atom stereocenters. The van der Waals surface area contributed by atoms with Crippen LogP contribution in [0.3, 0.4) is 0 Å². The van der Waals surface area contributed by atoms with Crippen LogP contribution in [-0.4, -0.2) is 32.6 Å². The van der Waals surface area contributed by atoms with Gasteiger partial charge in [-0.05, 0) is 37.7 Å². The molecule has 1 aliphatic carbocycles. The van der Waals surface area contributed by atoms with E-state index in [1.165, 1.54) is 0 Å². The maximum absolute atomic E-state index is 12.2. The number of anilines is 1. The van der Waals surface area contributed by atoms with E-state index in [9.17, 15) is 4.79 Å². The van der Waals surface area contributed by atoms with E-state index in [-0.39, 0.29) is 5.56 Å². The van der Waals surface area contributed by atoms with Crippen molar-refractivity contribution in [1.82, 2.24) is 20.0 Å². The maximum atomic E-state index is 12.2.